The number of benzene rings is 2. The van der Waals surface area contributed by atoms with E-state index < -0.39 is 10.0 Å². The van der Waals surface area contributed by atoms with Crippen molar-refractivity contribution >= 4 is 21.7 Å². The Balaban J connectivity index is 1.99. The minimum atomic E-state index is -3.47. The second-order valence-electron chi connectivity index (χ2n) is 6.26. The van der Waals surface area contributed by atoms with Gasteiger partial charge in [0.25, 0.3) is 0 Å². The number of ether oxygens (including phenoxy) is 1. The van der Waals surface area contributed by atoms with Crippen molar-refractivity contribution < 1.29 is 17.9 Å². The van der Waals surface area contributed by atoms with E-state index in [0.717, 1.165) is 5.56 Å². The molecule has 0 atom stereocenters. The summed E-state index contributed by atoms with van der Waals surface area (Å²) in [6.07, 6.45) is 2.16. The van der Waals surface area contributed by atoms with E-state index >= 15 is 0 Å². The average Bonchev–Trinajstić information content (AvgIpc) is 2.67. The number of hydrogen-bond acceptors (Lipinski definition) is 4. The Kier molecular flexibility index (Phi) is 8.33. The number of carbonyl (C=O) groups excluding carboxylic acids is 1. The Labute approximate surface area is 162 Å². The zero-order valence-electron chi connectivity index (χ0n) is 15.7. The largest absolute Gasteiger partial charge is 0.466 e. The molecule has 2 aromatic rings. The van der Waals surface area contributed by atoms with Crippen LogP contribution in [0.1, 0.15) is 38.2 Å². The maximum atomic E-state index is 13.0. The van der Waals surface area contributed by atoms with Crippen LogP contribution in [0.15, 0.2) is 60.7 Å². The molecule has 0 saturated heterocycles. The molecular formula is C21H27NO4S. The topological polar surface area (TPSA) is 63.7 Å². The Morgan fingerprint density at radius 3 is 2.19 bits per heavy atom. The quantitative estimate of drug-likeness (QED) is 0.428. The van der Waals surface area contributed by atoms with Gasteiger partial charge in [-0.05, 0) is 37.5 Å². The van der Waals surface area contributed by atoms with Crippen molar-refractivity contribution in [1.82, 2.24) is 0 Å². The molecule has 0 bridgehead atoms. The standard InChI is InChI=1S/C21H27NO4S/c1-2-26-21(23)16-10-5-11-17-27(24,25)22(20-14-8-4-9-15-20)18-19-12-6-3-7-13-19/h3-4,6-9,12-15H,2,5,10-11,16-18H2,1H3. The van der Waals surface area contributed by atoms with Crippen LogP contribution in [0, 0.1) is 0 Å². The first-order valence-electron chi connectivity index (χ1n) is 9.28. The Hall–Kier alpha value is -2.34. The van der Waals surface area contributed by atoms with Gasteiger partial charge in [-0.3, -0.25) is 9.10 Å². The molecule has 0 N–H and O–H groups in total. The maximum Gasteiger partial charge on any atom is 0.305 e. The van der Waals surface area contributed by atoms with Crippen molar-refractivity contribution in [3.63, 3.8) is 0 Å². The van der Waals surface area contributed by atoms with Gasteiger partial charge >= 0.3 is 5.97 Å². The van der Waals surface area contributed by atoms with Gasteiger partial charge in [-0.15, -0.1) is 0 Å². The van der Waals surface area contributed by atoms with E-state index in [0.29, 0.717) is 44.5 Å². The van der Waals surface area contributed by atoms with Crippen LogP contribution < -0.4 is 4.31 Å². The molecule has 0 aromatic heterocycles. The molecule has 146 valence electrons. The lowest BCUT2D eigenvalue weighted by Gasteiger charge is -2.24. The van der Waals surface area contributed by atoms with Crippen molar-refractivity contribution in [2.24, 2.45) is 0 Å². The summed E-state index contributed by atoms with van der Waals surface area (Å²) >= 11 is 0. The number of sulfonamides is 1. The van der Waals surface area contributed by atoms with E-state index in [1.54, 1.807) is 19.1 Å². The van der Waals surface area contributed by atoms with Crippen molar-refractivity contribution in [3.8, 4) is 0 Å². The molecule has 6 heteroatoms. The van der Waals surface area contributed by atoms with Crippen LogP contribution in [0.5, 0.6) is 0 Å². The second-order valence-corrected chi connectivity index (χ2v) is 8.27. The summed E-state index contributed by atoms with van der Waals surface area (Å²) in [4.78, 5) is 11.4. The van der Waals surface area contributed by atoms with Gasteiger partial charge in [0, 0.05) is 6.42 Å². The third kappa shape index (κ3) is 7.06. The molecule has 0 amide bonds. The number of nitrogens with zero attached hydrogens (tertiary/aromatic N) is 1. The normalized spacial score (nSPS) is 11.1. The van der Waals surface area contributed by atoms with Gasteiger partial charge in [-0.2, -0.15) is 0 Å². The van der Waals surface area contributed by atoms with Gasteiger partial charge in [-0.25, -0.2) is 8.42 Å². The molecule has 0 aliphatic carbocycles. The lowest BCUT2D eigenvalue weighted by molar-refractivity contribution is -0.143. The van der Waals surface area contributed by atoms with E-state index in [-0.39, 0.29) is 11.7 Å². The summed E-state index contributed by atoms with van der Waals surface area (Å²) in [5.74, 6) is -0.173. The van der Waals surface area contributed by atoms with Gasteiger partial charge in [0.2, 0.25) is 10.0 Å². The van der Waals surface area contributed by atoms with E-state index in [9.17, 15) is 13.2 Å². The highest BCUT2D eigenvalue weighted by molar-refractivity contribution is 7.92. The smallest absolute Gasteiger partial charge is 0.305 e. The second kappa shape index (κ2) is 10.7. The zero-order valence-corrected chi connectivity index (χ0v) is 16.5. The SMILES string of the molecule is CCOC(=O)CCCCCS(=O)(=O)N(Cc1ccccc1)c1ccccc1. The highest BCUT2D eigenvalue weighted by atomic mass is 32.2. The third-order valence-corrected chi connectivity index (χ3v) is 5.95. The number of carbonyl (C=O) groups is 1. The molecule has 2 rings (SSSR count). The first-order chi connectivity index (χ1) is 13.0. The average molecular weight is 390 g/mol. The van der Waals surface area contributed by atoms with Crippen molar-refractivity contribution in [2.45, 2.75) is 39.2 Å². The van der Waals surface area contributed by atoms with Crippen LogP contribution in [-0.2, 0) is 26.1 Å². The van der Waals surface area contributed by atoms with Crippen molar-refractivity contribution in [1.29, 1.82) is 0 Å². The lowest BCUT2D eigenvalue weighted by atomic mass is 10.2. The first kappa shape index (κ1) is 21.0. The molecule has 0 unspecified atom stereocenters. The molecule has 0 radical (unpaired) electrons. The Morgan fingerprint density at radius 2 is 1.56 bits per heavy atom. The molecular weight excluding hydrogens is 362 g/mol. The van der Waals surface area contributed by atoms with Crippen molar-refractivity contribution in [3.05, 3.63) is 66.2 Å². The molecule has 0 saturated carbocycles. The molecule has 5 nitrogen and oxygen atoms in total. The van der Waals surface area contributed by atoms with Gasteiger partial charge < -0.3 is 4.74 Å². The molecule has 2 aromatic carbocycles. The van der Waals surface area contributed by atoms with Gasteiger partial charge in [0.15, 0.2) is 0 Å². The monoisotopic (exact) mass is 389 g/mol. The van der Waals surface area contributed by atoms with Crippen LogP contribution in [0.2, 0.25) is 0 Å². The van der Waals surface area contributed by atoms with Gasteiger partial charge in [0.05, 0.1) is 24.6 Å². The number of hydrogen-bond donors (Lipinski definition) is 0. The van der Waals surface area contributed by atoms with E-state index in [1.807, 2.05) is 48.5 Å². The molecule has 0 fully saturated rings. The summed E-state index contributed by atoms with van der Waals surface area (Å²) < 4.78 is 32.3. The van der Waals surface area contributed by atoms with Crippen LogP contribution in [-0.4, -0.2) is 26.7 Å². The summed E-state index contributed by atoms with van der Waals surface area (Å²) in [5, 5.41) is 0. The van der Waals surface area contributed by atoms with Crippen LogP contribution in [0.25, 0.3) is 0 Å². The fourth-order valence-electron chi connectivity index (χ4n) is 2.77. The lowest BCUT2D eigenvalue weighted by Crippen LogP contribution is -2.32. The summed E-state index contributed by atoms with van der Waals surface area (Å²) in [7, 11) is -3.47. The predicted octanol–water partition coefficient (Wildman–Crippen LogP) is 4.15. The minimum Gasteiger partial charge on any atom is -0.466 e. The van der Waals surface area contributed by atoms with Gasteiger partial charge in [-0.1, -0.05) is 55.0 Å². The number of unbranched alkanes of at least 4 members (excludes halogenated alkanes) is 2. The summed E-state index contributed by atoms with van der Waals surface area (Å²) in [6.45, 7) is 2.45. The summed E-state index contributed by atoms with van der Waals surface area (Å²) in [6, 6.07) is 18.7. The highest BCUT2D eigenvalue weighted by Gasteiger charge is 2.22. The Morgan fingerprint density at radius 1 is 0.926 bits per heavy atom. The van der Waals surface area contributed by atoms with Crippen molar-refractivity contribution in [2.75, 3.05) is 16.7 Å². The zero-order chi connectivity index (χ0) is 19.5. The minimum absolute atomic E-state index is 0.0531. The van der Waals surface area contributed by atoms with E-state index in [2.05, 4.69) is 0 Å². The van der Waals surface area contributed by atoms with Crippen LogP contribution in [0.4, 0.5) is 5.69 Å². The van der Waals surface area contributed by atoms with E-state index in [4.69, 9.17) is 4.74 Å². The maximum absolute atomic E-state index is 13.0. The van der Waals surface area contributed by atoms with E-state index in [1.165, 1.54) is 4.31 Å². The number of para-hydroxylation sites is 1. The molecule has 0 aliphatic rings. The number of esters is 1. The fraction of sp³-hybridized carbons (Fsp3) is 0.381. The highest BCUT2D eigenvalue weighted by Crippen LogP contribution is 2.22. The third-order valence-electron chi connectivity index (χ3n) is 4.14. The van der Waals surface area contributed by atoms with Crippen LogP contribution in [0.3, 0.4) is 0 Å². The molecule has 0 spiro atoms. The predicted molar refractivity (Wildman–Crippen MR) is 108 cm³/mol. The first-order valence-corrected chi connectivity index (χ1v) is 10.9. The Bertz CT molecular complexity index is 791. The fourth-order valence-corrected chi connectivity index (χ4v) is 4.35. The van der Waals surface area contributed by atoms with Gasteiger partial charge in [0.1, 0.15) is 0 Å². The number of rotatable bonds is 11. The number of anilines is 1. The molecule has 0 aliphatic heterocycles. The molecule has 27 heavy (non-hydrogen) atoms. The van der Waals surface area contributed by atoms with Crippen LogP contribution >= 0.6 is 0 Å². The molecule has 0 heterocycles. The summed E-state index contributed by atoms with van der Waals surface area (Å²) in [5.41, 5.74) is 1.60.